The number of halogens is 3. The van der Waals surface area contributed by atoms with Crippen molar-refractivity contribution in [2.45, 2.75) is 38.9 Å². The summed E-state index contributed by atoms with van der Waals surface area (Å²) in [5.41, 5.74) is -0.816. The molecule has 0 spiro atoms. The number of aromatic nitrogens is 1. The molecule has 1 aliphatic rings. The molecule has 21 heavy (non-hydrogen) atoms. The molecule has 1 aromatic rings. The predicted molar refractivity (Wildman–Crippen MR) is 77.3 cm³/mol. The first-order valence-electron chi connectivity index (χ1n) is 7.39. The molecule has 2 heterocycles. The molecule has 0 aliphatic carbocycles. The zero-order valence-electron chi connectivity index (χ0n) is 12.5. The van der Waals surface area contributed by atoms with Crippen LogP contribution in [-0.4, -0.2) is 30.7 Å². The fourth-order valence-electron chi connectivity index (χ4n) is 2.53. The molecule has 0 unspecified atom stereocenters. The molecule has 1 saturated heterocycles. The van der Waals surface area contributed by atoms with Gasteiger partial charge in [0.15, 0.2) is 0 Å². The summed E-state index contributed by atoms with van der Waals surface area (Å²) in [6.07, 6.45) is -2.41. The van der Waals surface area contributed by atoms with Gasteiger partial charge in [-0.3, -0.25) is 0 Å². The molecule has 1 aromatic heterocycles. The summed E-state index contributed by atoms with van der Waals surface area (Å²) in [5, 5.41) is 3.42. The summed E-state index contributed by atoms with van der Waals surface area (Å²) in [4.78, 5) is 5.70. The highest BCUT2D eigenvalue weighted by Crippen LogP contribution is 2.29. The normalized spacial score (nSPS) is 17.5. The number of pyridine rings is 1. The van der Waals surface area contributed by atoms with Crippen LogP contribution in [0.4, 0.5) is 19.0 Å². The van der Waals surface area contributed by atoms with Gasteiger partial charge in [0.1, 0.15) is 11.5 Å². The molecule has 118 valence electrons. The lowest BCUT2D eigenvalue weighted by Crippen LogP contribution is -2.39. The zero-order chi connectivity index (χ0) is 15.5. The fraction of sp³-hybridized carbons (Fsp3) is 0.667. The van der Waals surface area contributed by atoms with Gasteiger partial charge in [-0.2, -0.15) is 13.2 Å². The second kappa shape index (κ2) is 6.64. The third-order valence-electron chi connectivity index (χ3n) is 3.78. The Balaban J connectivity index is 1.93. The van der Waals surface area contributed by atoms with Crippen LogP contribution in [0.15, 0.2) is 18.2 Å². The Morgan fingerprint density at radius 1 is 1.29 bits per heavy atom. The Kier molecular flexibility index (Phi) is 5.08. The standard InChI is InChI=1S/C15H22F3N3/c1-11(2)19-10-12-6-8-21(9-7-12)14-5-3-4-13(20-14)15(16,17)18/h3-5,11-12,19H,6-10H2,1-2H3. The first kappa shape index (κ1) is 16.1. The third-order valence-corrected chi connectivity index (χ3v) is 3.78. The van der Waals surface area contributed by atoms with E-state index in [0.717, 1.165) is 38.5 Å². The van der Waals surface area contributed by atoms with E-state index in [-0.39, 0.29) is 0 Å². The number of anilines is 1. The van der Waals surface area contributed by atoms with Gasteiger partial charge in [0.2, 0.25) is 0 Å². The fourth-order valence-corrected chi connectivity index (χ4v) is 2.53. The molecule has 0 bridgehead atoms. The van der Waals surface area contributed by atoms with Crippen molar-refractivity contribution in [3.63, 3.8) is 0 Å². The largest absolute Gasteiger partial charge is 0.433 e. The molecule has 3 nitrogen and oxygen atoms in total. The van der Waals surface area contributed by atoms with Gasteiger partial charge in [0.05, 0.1) is 0 Å². The van der Waals surface area contributed by atoms with Crippen molar-refractivity contribution in [1.29, 1.82) is 0 Å². The summed E-state index contributed by atoms with van der Waals surface area (Å²) in [5.74, 6) is 1.02. The van der Waals surface area contributed by atoms with Gasteiger partial charge >= 0.3 is 6.18 Å². The maximum atomic E-state index is 12.7. The van der Waals surface area contributed by atoms with E-state index in [1.54, 1.807) is 6.07 Å². The van der Waals surface area contributed by atoms with Crippen molar-refractivity contribution in [2.75, 3.05) is 24.5 Å². The topological polar surface area (TPSA) is 28.2 Å². The molecule has 2 rings (SSSR count). The first-order chi connectivity index (χ1) is 9.86. The zero-order valence-corrected chi connectivity index (χ0v) is 12.5. The van der Waals surface area contributed by atoms with Crippen LogP contribution in [0.2, 0.25) is 0 Å². The summed E-state index contributed by atoms with van der Waals surface area (Å²) in [6, 6.07) is 4.57. The maximum absolute atomic E-state index is 12.7. The highest BCUT2D eigenvalue weighted by molar-refractivity contribution is 5.40. The minimum Gasteiger partial charge on any atom is -0.357 e. The summed E-state index contributed by atoms with van der Waals surface area (Å²) < 4.78 is 38.1. The number of piperidine rings is 1. The molecule has 1 N–H and O–H groups in total. The van der Waals surface area contributed by atoms with Crippen LogP contribution >= 0.6 is 0 Å². The van der Waals surface area contributed by atoms with Gasteiger partial charge in [0, 0.05) is 19.1 Å². The van der Waals surface area contributed by atoms with Crippen molar-refractivity contribution in [3.8, 4) is 0 Å². The molecule has 1 aliphatic heterocycles. The molecule has 0 saturated carbocycles. The first-order valence-corrected chi connectivity index (χ1v) is 7.39. The van der Waals surface area contributed by atoms with Crippen LogP contribution in [-0.2, 0) is 6.18 Å². The Hall–Kier alpha value is -1.30. The van der Waals surface area contributed by atoms with Crippen LogP contribution in [0, 0.1) is 5.92 Å². The second-order valence-corrected chi connectivity index (χ2v) is 5.87. The molecule has 6 heteroatoms. The molecule has 0 radical (unpaired) electrons. The van der Waals surface area contributed by atoms with Crippen LogP contribution < -0.4 is 10.2 Å². The Labute approximate surface area is 123 Å². The van der Waals surface area contributed by atoms with E-state index in [1.807, 2.05) is 4.90 Å². The molecule has 0 amide bonds. The number of hydrogen-bond acceptors (Lipinski definition) is 3. The third kappa shape index (κ3) is 4.59. The van der Waals surface area contributed by atoms with Crippen LogP contribution in [0.25, 0.3) is 0 Å². The summed E-state index contributed by atoms with van der Waals surface area (Å²) in [7, 11) is 0. The average Bonchev–Trinajstić information content (AvgIpc) is 2.45. The SMILES string of the molecule is CC(C)NCC1CCN(c2cccc(C(F)(F)F)n2)CC1. The average molecular weight is 301 g/mol. The highest BCUT2D eigenvalue weighted by atomic mass is 19.4. The van der Waals surface area contributed by atoms with Crippen LogP contribution in [0.1, 0.15) is 32.4 Å². The Bertz CT molecular complexity index is 452. The van der Waals surface area contributed by atoms with Crippen molar-refractivity contribution < 1.29 is 13.2 Å². The predicted octanol–water partition coefficient (Wildman–Crippen LogP) is 3.31. The van der Waals surface area contributed by atoms with Gasteiger partial charge in [0.25, 0.3) is 0 Å². The minimum absolute atomic E-state index is 0.431. The van der Waals surface area contributed by atoms with E-state index >= 15 is 0 Å². The van der Waals surface area contributed by atoms with Gasteiger partial charge in [-0.25, -0.2) is 4.98 Å². The number of nitrogens with one attached hydrogen (secondary N) is 1. The lowest BCUT2D eigenvalue weighted by atomic mass is 9.96. The van der Waals surface area contributed by atoms with E-state index in [1.165, 1.54) is 6.07 Å². The van der Waals surface area contributed by atoms with E-state index in [0.29, 0.717) is 17.8 Å². The van der Waals surface area contributed by atoms with Gasteiger partial charge in [-0.05, 0) is 37.4 Å². The molecule has 0 atom stereocenters. The van der Waals surface area contributed by atoms with E-state index in [4.69, 9.17) is 0 Å². The van der Waals surface area contributed by atoms with E-state index in [2.05, 4.69) is 24.1 Å². The van der Waals surface area contributed by atoms with Gasteiger partial charge in [-0.15, -0.1) is 0 Å². The van der Waals surface area contributed by atoms with E-state index < -0.39 is 11.9 Å². The lowest BCUT2D eigenvalue weighted by Gasteiger charge is -2.33. The number of hydrogen-bond donors (Lipinski definition) is 1. The number of alkyl halides is 3. The molecule has 0 aromatic carbocycles. The highest BCUT2D eigenvalue weighted by Gasteiger charge is 2.33. The van der Waals surface area contributed by atoms with Crippen molar-refractivity contribution >= 4 is 5.82 Å². The van der Waals surface area contributed by atoms with Crippen molar-refractivity contribution in [3.05, 3.63) is 23.9 Å². The summed E-state index contributed by atoms with van der Waals surface area (Å²) in [6.45, 7) is 6.72. The number of nitrogens with zero attached hydrogens (tertiary/aromatic N) is 2. The second-order valence-electron chi connectivity index (χ2n) is 5.87. The van der Waals surface area contributed by atoms with E-state index in [9.17, 15) is 13.2 Å². The van der Waals surface area contributed by atoms with Gasteiger partial charge in [-0.1, -0.05) is 19.9 Å². The van der Waals surface area contributed by atoms with Gasteiger partial charge < -0.3 is 10.2 Å². The van der Waals surface area contributed by atoms with Crippen LogP contribution in [0.3, 0.4) is 0 Å². The van der Waals surface area contributed by atoms with Crippen molar-refractivity contribution in [1.82, 2.24) is 10.3 Å². The monoisotopic (exact) mass is 301 g/mol. The maximum Gasteiger partial charge on any atom is 0.433 e. The smallest absolute Gasteiger partial charge is 0.357 e. The summed E-state index contributed by atoms with van der Waals surface area (Å²) >= 11 is 0. The molecular weight excluding hydrogens is 279 g/mol. The molecule has 1 fully saturated rings. The molecular formula is C15H22F3N3. The Morgan fingerprint density at radius 2 is 1.95 bits per heavy atom. The van der Waals surface area contributed by atoms with Crippen molar-refractivity contribution in [2.24, 2.45) is 5.92 Å². The lowest BCUT2D eigenvalue weighted by molar-refractivity contribution is -0.141. The Morgan fingerprint density at radius 3 is 2.52 bits per heavy atom. The quantitative estimate of drug-likeness (QED) is 0.925. The number of rotatable bonds is 4. The van der Waals surface area contributed by atoms with Crippen LogP contribution in [0.5, 0.6) is 0 Å². The minimum atomic E-state index is -4.38.